The predicted molar refractivity (Wildman–Crippen MR) is 44.7 cm³/mol. The molecular weight excluding hydrogens is 156 g/mol. The maximum absolute atomic E-state index is 9.04. The van der Waals surface area contributed by atoms with Crippen molar-refractivity contribution >= 4 is 11.5 Å². The Balaban J connectivity index is 2.18. The van der Waals surface area contributed by atoms with Crippen LogP contribution in [0.3, 0.4) is 0 Å². The van der Waals surface area contributed by atoms with E-state index in [1.54, 1.807) is 6.20 Å². The van der Waals surface area contributed by atoms with Crippen LogP contribution in [0, 0.1) is 0 Å². The first-order chi connectivity index (χ1) is 5.77. The summed E-state index contributed by atoms with van der Waals surface area (Å²) in [4.78, 5) is 9.71. The summed E-state index contributed by atoms with van der Waals surface area (Å²) < 4.78 is 0. The molecule has 0 amide bonds. The van der Waals surface area contributed by atoms with Crippen LogP contribution < -0.4 is 10.6 Å². The molecule has 1 aliphatic heterocycles. The number of β-amino-alcohol motifs (C(OH)–C–C–N with tert-alkyl or cyclic N) is 1. The molecule has 12 heavy (non-hydrogen) atoms. The lowest BCUT2D eigenvalue weighted by atomic mass is 10.2. The highest BCUT2D eigenvalue weighted by Crippen LogP contribution is 2.22. The van der Waals surface area contributed by atoms with Crippen molar-refractivity contribution in [3.05, 3.63) is 12.5 Å². The van der Waals surface area contributed by atoms with E-state index >= 15 is 0 Å². The number of aliphatic hydroxyl groups excluding tert-OH is 1. The number of nitrogen functional groups attached to an aromatic ring is 1. The van der Waals surface area contributed by atoms with Crippen LogP contribution in [0.2, 0.25) is 0 Å². The summed E-state index contributed by atoms with van der Waals surface area (Å²) in [5.74, 6) is 0.718. The molecule has 0 spiro atoms. The zero-order valence-corrected chi connectivity index (χ0v) is 6.51. The van der Waals surface area contributed by atoms with Crippen LogP contribution in [0.4, 0.5) is 11.5 Å². The molecule has 1 aliphatic rings. The molecule has 0 unspecified atom stereocenters. The van der Waals surface area contributed by atoms with Gasteiger partial charge in [-0.15, -0.1) is 0 Å². The Morgan fingerprint density at radius 2 is 2.33 bits per heavy atom. The molecule has 1 aromatic heterocycles. The van der Waals surface area contributed by atoms with E-state index in [0.717, 1.165) is 5.82 Å². The molecule has 3 N–H and O–H groups in total. The number of aromatic nitrogens is 2. The Hall–Kier alpha value is -1.36. The van der Waals surface area contributed by atoms with Crippen LogP contribution in [0.1, 0.15) is 0 Å². The second-order valence-corrected chi connectivity index (χ2v) is 2.86. The lowest BCUT2D eigenvalue weighted by molar-refractivity contribution is 0.141. The van der Waals surface area contributed by atoms with Crippen LogP contribution >= 0.6 is 0 Å². The molecule has 2 heterocycles. The van der Waals surface area contributed by atoms with Gasteiger partial charge < -0.3 is 15.7 Å². The number of nitrogens with zero attached hydrogens (tertiary/aromatic N) is 3. The molecule has 1 fully saturated rings. The number of hydrogen-bond donors (Lipinski definition) is 2. The van der Waals surface area contributed by atoms with Crippen molar-refractivity contribution in [2.24, 2.45) is 0 Å². The van der Waals surface area contributed by atoms with E-state index < -0.39 is 0 Å². The quantitative estimate of drug-likeness (QED) is 0.573. The minimum absolute atomic E-state index is 0.237. The van der Waals surface area contributed by atoms with Gasteiger partial charge in [0.05, 0.1) is 18.0 Å². The molecule has 64 valence electrons. The van der Waals surface area contributed by atoms with Crippen molar-refractivity contribution in [1.29, 1.82) is 0 Å². The summed E-state index contributed by atoms with van der Waals surface area (Å²) in [5, 5.41) is 9.04. The van der Waals surface area contributed by atoms with Gasteiger partial charge in [0.15, 0.2) is 5.82 Å². The van der Waals surface area contributed by atoms with Gasteiger partial charge in [0.2, 0.25) is 0 Å². The van der Waals surface area contributed by atoms with Gasteiger partial charge in [0.25, 0.3) is 0 Å². The fourth-order valence-corrected chi connectivity index (χ4v) is 1.23. The number of anilines is 2. The first kappa shape index (κ1) is 7.30. The van der Waals surface area contributed by atoms with E-state index in [1.165, 1.54) is 6.33 Å². The van der Waals surface area contributed by atoms with E-state index in [-0.39, 0.29) is 6.10 Å². The van der Waals surface area contributed by atoms with E-state index in [1.807, 2.05) is 4.90 Å². The summed E-state index contributed by atoms with van der Waals surface area (Å²) in [6, 6.07) is 0. The average molecular weight is 166 g/mol. The number of nitrogens with two attached hydrogens (primary N) is 1. The lowest BCUT2D eigenvalue weighted by Crippen LogP contribution is -2.51. The number of hydrogen-bond acceptors (Lipinski definition) is 5. The third-order valence-corrected chi connectivity index (χ3v) is 1.88. The van der Waals surface area contributed by atoms with E-state index in [9.17, 15) is 0 Å². The SMILES string of the molecule is Nc1cncnc1N1CC(O)C1. The van der Waals surface area contributed by atoms with E-state index in [2.05, 4.69) is 9.97 Å². The second kappa shape index (κ2) is 2.60. The standard InChI is InChI=1S/C7H10N4O/c8-6-1-9-4-10-7(6)11-2-5(12)3-11/h1,4-5,12H,2-3,8H2. The summed E-state index contributed by atoms with van der Waals surface area (Å²) in [7, 11) is 0. The lowest BCUT2D eigenvalue weighted by Gasteiger charge is -2.37. The molecule has 0 bridgehead atoms. The monoisotopic (exact) mass is 166 g/mol. The minimum atomic E-state index is -0.237. The fraction of sp³-hybridized carbons (Fsp3) is 0.429. The normalized spacial score (nSPS) is 17.6. The van der Waals surface area contributed by atoms with Crippen LogP contribution in [0.25, 0.3) is 0 Å². The first-order valence-electron chi connectivity index (χ1n) is 3.76. The second-order valence-electron chi connectivity index (χ2n) is 2.86. The van der Waals surface area contributed by atoms with Gasteiger partial charge in [-0.25, -0.2) is 9.97 Å². The maximum Gasteiger partial charge on any atom is 0.155 e. The van der Waals surface area contributed by atoms with Gasteiger partial charge in [-0.05, 0) is 0 Å². The van der Waals surface area contributed by atoms with Crippen molar-refractivity contribution < 1.29 is 5.11 Å². The first-order valence-corrected chi connectivity index (χ1v) is 3.76. The van der Waals surface area contributed by atoms with E-state index in [4.69, 9.17) is 10.8 Å². The van der Waals surface area contributed by atoms with Crippen molar-refractivity contribution in [3.63, 3.8) is 0 Å². The van der Waals surface area contributed by atoms with Gasteiger partial charge in [-0.2, -0.15) is 0 Å². The highest BCUT2D eigenvalue weighted by atomic mass is 16.3. The zero-order valence-electron chi connectivity index (χ0n) is 6.51. The molecule has 0 atom stereocenters. The largest absolute Gasteiger partial charge is 0.394 e. The third kappa shape index (κ3) is 1.08. The van der Waals surface area contributed by atoms with Gasteiger partial charge in [0, 0.05) is 13.1 Å². The maximum atomic E-state index is 9.04. The molecule has 0 aromatic carbocycles. The fourth-order valence-electron chi connectivity index (χ4n) is 1.23. The Kier molecular flexibility index (Phi) is 1.58. The summed E-state index contributed by atoms with van der Waals surface area (Å²) in [6.07, 6.45) is 2.78. The number of rotatable bonds is 1. The third-order valence-electron chi connectivity index (χ3n) is 1.88. The highest BCUT2D eigenvalue weighted by molar-refractivity contribution is 5.62. The van der Waals surface area contributed by atoms with Gasteiger partial charge in [-0.3, -0.25) is 0 Å². The zero-order chi connectivity index (χ0) is 8.55. The highest BCUT2D eigenvalue weighted by Gasteiger charge is 2.26. The Morgan fingerprint density at radius 1 is 1.58 bits per heavy atom. The molecule has 0 radical (unpaired) electrons. The van der Waals surface area contributed by atoms with E-state index in [0.29, 0.717) is 18.8 Å². The molecule has 0 aliphatic carbocycles. The Morgan fingerprint density at radius 3 is 2.92 bits per heavy atom. The van der Waals surface area contributed by atoms with Gasteiger partial charge in [0.1, 0.15) is 6.33 Å². The summed E-state index contributed by atoms with van der Waals surface area (Å²) >= 11 is 0. The Bertz CT molecular complexity index is 284. The smallest absolute Gasteiger partial charge is 0.155 e. The van der Waals surface area contributed by atoms with Crippen LogP contribution in [-0.4, -0.2) is 34.3 Å². The topological polar surface area (TPSA) is 75.3 Å². The van der Waals surface area contributed by atoms with Crippen molar-refractivity contribution in [1.82, 2.24) is 9.97 Å². The molecule has 5 heteroatoms. The van der Waals surface area contributed by atoms with Gasteiger partial charge >= 0.3 is 0 Å². The van der Waals surface area contributed by atoms with Crippen molar-refractivity contribution in [2.75, 3.05) is 23.7 Å². The Labute approximate surface area is 69.9 Å². The molecule has 5 nitrogen and oxygen atoms in total. The average Bonchev–Trinajstić information content (AvgIpc) is 2.01. The molecule has 1 aromatic rings. The van der Waals surface area contributed by atoms with Crippen LogP contribution in [0.5, 0.6) is 0 Å². The minimum Gasteiger partial charge on any atom is -0.394 e. The summed E-state index contributed by atoms with van der Waals surface area (Å²) in [5.41, 5.74) is 6.19. The molecule has 2 rings (SSSR count). The van der Waals surface area contributed by atoms with Crippen LogP contribution in [-0.2, 0) is 0 Å². The van der Waals surface area contributed by atoms with Crippen molar-refractivity contribution in [2.45, 2.75) is 6.10 Å². The predicted octanol–water partition coefficient (Wildman–Crippen LogP) is -0.760. The molecule has 1 saturated heterocycles. The van der Waals surface area contributed by atoms with Crippen LogP contribution in [0.15, 0.2) is 12.5 Å². The summed E-state index contributed by atoms with van der Waals surface area (Å²) in [6.45, 7) is 1.22. The number of aliphatic hydroxyl groups is 1. The van der Waals surface area contributed by atoms with Gasteiger partial charge in [-0.1, -0.05) is 0 Å². The molecule has 0 saturated carbocycles. The molecular formula is C7H10N4O. The van der Waals surface area contributed by atoms with Crippen molar-refractivity contribution in [3.8, 4) is 0 Å².